The first-order valence-electron chi connectivity index (χ1n) is 9.99. The van der Waals surface area contributed by atoms with Crippen molar-refractivity contribution in [3.63, 3.8) is 0 Å². The molecule has 1 aliphatic heterocycles. The number of benzene rings is 2. The number of sulfonamides is 1. The number of para-hydroxylation sites is 2. The number of nitrogens with one attached hydrogen (secondary N) is 1. The molecule has 0 unspecified atom stereocenters. The number of oxazole rings is 1. The van der Waals surface area contributed by atoms with Crippen molar-refractivity contribution in [3.8, 4) is 5.75 Å². The van der Waals surface area contributed by atoms with Gasteiger partial charge >= 0.3 is 0 Å². The molecule has 3 aromatic rings. The normalized spacial score (nSPS) is 15.7. The highest BCUT2D eigenvalue weighted by molar-refractivity contribution is 7.89. The summed E-state index contributed by atoms with van der Waals surface area (Å²) in [6.45, 7) is 1.06. The number of hydrogen-bond acceptors (Lipinski definition) is 7. The first-order valence-corrected chi connectivity index (χ1v) is 11.4. The van der Waals surface area contributed by atoms with Gasteiger partial charge in [0.15, 0.2) is 11.9 Å². The highest BCUT2D eigenvalue weighted by Gasteiger charge is 2.26. The molecule has 0 aliphatic carbocycles. The van der Waals surface area contributed by atoms with Gasteiger partial charge in [-0.25, -0.2) is 13.4 Å². The zero-order chi connectivity index (χ0) is 21.8. The molecule has 1 saturated heterocycles. The average Bonchev–Trinajstić information content (AvgIpc) is 3.24. The molecule has 1 aliphatic rings. The molecule has 0 spiro atoms. The van der Waals surface area contributed by atoms with Crippen LogP contribution in [0.3, 0.4) is 0 Å². The molecular weight excluding hydrogens is 418 g/mol. The largest absolute Gasteiger partial charge is 0.495 e. The maximum absolute atomic E-state index is 12.9. The Morgan fingerprint density at radius 1 is 1.16 bits per heavy atom. The molecule has 8 nitrogen and oxygen atoms in total. The Bertz CT molecular complexity index is 1190. The fraction of sp³-hybridized carbons (Fsp3) is 0.273. The number of fused-ring (bicyclic) bond motifs is 1. The molecule has 0 amide bonds. The van der Waals surface area contributed by atoms with Crippen LogP contribution in [-0.4, -0.2) is 44.2 Å². The minimum absolute atomic E-state index is 0.176. The number of aldehydes is 1. The molecule has 0 saturated carbocycles. The molecule has 2 aromatic carbocycles. The fourth-order valence-electron chi connectivity index (χ4n) is 3.50. The van der Waals surface area contributed by atoms with Crippen molar-refractivity contribution in [2.75, 3.05) is 25.5 Å². The van der Waals surface area contributed by atoms with Gasteiger partial charge in [-0.05, 0) is 37.1 Å². The van der Waals surface area contributed by atoms with Crippen LogP contribution in [0.25, 0.3) is 16.7 Å². The van der Waals surface area contributed by atoms with Gasteiger partial charge in [-0.15, -0.1) is 0 Å². The van der Waals surface area contributed by atoms with Crippen LogP contribution in [0.5, 0.6) is 5.75 Å². The van der Waals surface area contributed by atoms with Crippen molar-refractivity contribution in [3.05, 3.63) is 54.6 Å². The lowest BCUT2D eigenvalue weighted by Gasteiger charge is -2.26. The summed E-state index contributed by atoms with van der Waals surface area (Å²) in [5.41, 5.74) is 1.95. The van der Waals surface area contributed by atoms with E-state index in [0.717, 1.165) is 19.3 Å². The third-order valence-electron chi connectivity index (χ3n) is 5.18. The minimum Gasteiger partial charge on any atom is -0.495 e. The Kier molecular flexibility index (Phi) is 6.06. The second-order valence-corrected chi connectivity index (χ2v) is 9.11. The Morgan fingerprint density at radius 3 is 2.65 bits per heavy atom. The van der Waals surface area contributed by atoms with Crippen molar-refractivity contribution in [2.24, 2.45) is 0 Å². The third kappa shape index (κ3) is 4.33. The lowest BCUT2D eigenvalue weighted by molar-refractivity contribution is -0.103. The average molecular weight is 442 g/mol. The van der Waals surface area contributed by atoms with Gasteiger partial charge in [-0.2, -0.15) is 4.31 Å². The molecule has 0 atom stereocenters. The Labute approximate surface area is 180 Å². The summed E-state index contributed by atoms with van der Waals surface area (Å²) in [7, 11) is -2.11. The zero-order valence-electron chi connectivity index (χ0n) is 17.1. The lowest BCUT2D eigenvalue weighted by Crippen LogP contribution is -2.35. The number of allylic oxidation sites excluding steroid dienone is 1. The van der Waals surface area contributed by atoms with Crippen LogP contribution >= 0.6 is 0 Å². The van der Waals surface area contributed by atoms with Crippen molar-refractivity contribution >= 4 is 38.7 Å². The Hall–Kier alpha value is -3.17. The molecule has 0 radical (unpaired) electrons. The first kappa shape index (κ1) is 21.1. The van der Waals surface area contributed by atoms with Crippen LogP contribution in [0.4, 0.5) is 5.69 Å². The number of aromatic nitrogens is 1. The number of carbonyl (C=O) groups excluding carboxylic acids is 1. The third-order valence-corrected chi connectivity index (χ3v) is 7.07. The summed E-state index contributed by atoms with van der Waals surface area (Å²) in [4.78, 5) is 16.1. The zero-order valence-corrected chi connectivity index (χ0v) is 17.9. The summed E-state index contributed by atoms with van der Waals surface area (Å²) in [6, 6.07) is 11.9. The van der Waals surface area contributed by atoms with E-state index in [0.29, 0.717) is 41.9 Å². The second kappa shape index (κ2) is 8.91. The van der Waals surface area contributed by atoms with E-state index in [1.165, 1.54) is 29.7 Å². The molecular formula is C22H23N3O5S. The summed E-state index contributed by atoms with van der Waals surface area (Å²) in [5.74, 6) is 0.532. The van der Waals surface area contributed by atoms with Gasteiger partial charge in [0.1, 0.15) is 11.3 Å². The van der Waals surface area contributed by atoms with Crippen molar-refractivity contribution in [1.29, 1.82) is 0 Å². The Morgan fingerprint density at radius 2 is 1.94 bits per heavy atom. The van der Waals surface area contributed by atoms with Gasteiger partial charge in [-0.1, -0.05) is 18.6 Å². The van der Waals surface area contributed by atoms with E-state index < -0.39 is 10.0 Å². The van der Waals surface area contributed by atoms with E-state index in [-0.39, 0.29) is 16.4 Å². The summed E-state index contributed by atoms with van der Waals surface area (Å²) >= 11 is 0. The van der Waals surface area contributed by atoms with Crippen molar-refractivity contribution in [2.45, 2.75) is 24.2 Å². The van der Waals surface area contributed by atoms with Crippen molar-refractivity contribution < 1.29 is 22.4 Å². The number of piperidine rings is 1. The molecule has 0 bridgehead atoms. The minimum atomic E-state index is -3.58. The summed E-state index contributed by atoms with van der Waals surface area (Å²) in [6.07, 6.45) is 4.87. The maximum atomic E-state index is 12.9. The van der Waals surface area contributed by atoms with Gasteiger partial charge in [0.05, 0.1) is 23.3 Å². The molecule has 31 heavy (non-hydrogen) atoms. The predicted molar refractivity (Wildman–Crippen MR) is 117 cm³/mol. The number of ether oxygens (including phenoxy) is 1. The van der Waals surface area contributed by atoms with Gasteiger partial charge in [0.2, 0.25) is 15.9 Å². The number of anilines is 1. The maximum Gasteiger partial charge on any atom is 0.243 e. The van der Waals surface area contributed by atoms with Gasteiger partial charge < -0.3 is 14.5 Å². The van der Waals surface area contributed by atoms with Gasteiger partial charge in [0.25, 0.3) is 0 Å². The molecule has 1 aromatic heterocycles. The van der Waals surface area contributed by atoms with Crippen molar-refractivity contribution in [1.82, 2.24) is 9.29 Å². The van der Waals surface area contributed by atoms with E-state index in [1.807, 2.05) is 12.1 Å². The first-order chi connectivity index (χ1) is 15.0. The second-order valence-electron chi connectivity index (χ2n) is 7.18. The Balaban J connectivity index is 1.59. The fourth-order valence-corrected chi connectivity index (χ4v) is 5.04. The SMILES string of the molecule is COc1cc(S(=O)(=O)N2CCCCC2)ccc1NC=C(C=O)c1nc2ccccc2o1. The highest BCUT2D eigenvalue weighted by atomic mass is 32.2. The number of methoxy groups -OCH3 is 1. The van der Waals surface area contributed by atoms with Crippen LogP contribution in [0.15, 0.2) is 58.0 Å². The predicted octanol–water partition coefficient (Wildman–Crippen LogP) is 3.66. The smallest absolute Gasteiger partial charge is 0.243 e. The lowest BCUT2D eigenvalue weighted by atomic mass is 10.2. The van der Waals surface area contributed by atoms with Crippen LogP contribution in [0.2, 0.25) is 0 Å². The molecule has 2 heterocycles. The quantitative estimate of drug-likeness (QED) is 0.441. The topological polar surface area (TPSA) is 102 Å². The van der Waals surface area contributed by atoms with Gasteiger partial charge in [-0.3, -0.25) is 4.79 Å². The molecule has 162 valence electrons. The molecule has 9 heteroatoms. The number of rotatable bonds is 7. The molecule has 1 N–H and O–H groups in total. The van der Waals surface area contributed by atoms with E-state index in [9.17, 15) is 13.2 Å². The van der Waals surface area contributed by atoms with Crippen LogP contribution in [0.1, 0.15) is 25.2 Å². The van der Waals surface area contributed by atoms with E-state index in [1.54, 1.807) is 18.2 Å². The summed E-state index contributed by atoms with van der Waals surface area (Å²) in [5, 5.41) is 2.99. The number of carbonyl (C=O) groups is 1. The van der Waals surface area contributed by atoms with Crippen LogP contribution in [-0.2, 0) is 14.8 Å². The van der Waals surface area contributed by atoms with E-state index in [4.69, 9.17) is 9.15 Å². The van der Waals surface area contributed by atoms with E-state index in [2.05, 4.69) is 10.3 Å². The summed E-state index contributed by atoms with van der Waals surface area (Å²) < 4.78 is 38.4. The standard InChI is InChI=1S/C22H23N3O5S/c1-29-21-13-17(31(27,28)25-11-5-2-6-12-25)9-10-18(21)23-14-16(15-26)22-24-19-7-3-4-8-20(19)30-22/h3-4,7-10,13-15,23H,2,5-6,11-12H2,1H3. The van der Waals surface area contributed by atoms with E-state index >= 15 is 0 Å². The monoisotopic (exact) mass is 441 g/mol. The van der Waals surface area contributed by atoms with Crippen LogP contribution in [0, 0.1) is 0 Å². The molecule has 4 rings (SSSR count). The molecule has 1 fully saturated rings. The van der Waals surface area contributed by atoms with Gasteiger partial charge in [0, 0.05) is 25.4 Å². The number of hydrogen-bond donors (Lipinski definition) is 1. The number of nitrogens with zero attached hydrogens (tertiary/aromatic N) is 2. The highest BCUT2D eigenvalue weighted by Crippen LogP contribution is 2.30. The van der Waals surface area contributed by atoms with Crippen LogP contribution < -0.4 is 10.1 Å².